The van der Waals surface area contributed by atoms with Gasteiger partial charge >= 0.3 is 0 Å². The lowest BCUT2D eigenvalue weighted by atomic mass is 10.1. The summed E-state index contributed by atoms with van der Waals surface area (Å²) in [7, 11) is 0. The molecule has 6 nitrogen and oxygen atoms in total. The number of rotatable bonds is 5. The first kappa shape index (κ1) is 21.1. The molecule has 0 saturated carbocycles. The van der Waals surface area contributed by atoms with Gasteiger partial charge in [0.15, 0.2) is 10.8 Å². The number of halogens is 1. The molecule has 0 atom stereocenters. The van der Waals surface area contributed by atoms with Gasteiger partial charge in [-0.1, -0.05) is 65.4 Å². The number of aromatic nitrogens is 3. The largest absolute Gasteiger partial charge is 0.378 e. The van der Waals surface area contributed by atoms with Gasteiger partial charge in [-0.2, -0.15) is 4.98 Å². The van der Waals surface area contributed by atoms with Crippen molar-refractivity contribution in [2.45, 2.75) is 19.9 Å². The molecule has 0 unspecified atom stereocenters. The van der Waals surface area contributed by atoms with Gasteiger partial charge < -0.3 is 14.2 Å². The van der Waals surface area contributed by atoms with E-state index in [4.69, 9.17) is 21.3 Å². The number of morpholine rings is 1. The Kier molecular flexibility index (Phi) is 5.95. The summed E-state index contributed by atoms with van der Waals surface area (Å²) in [4.78, 5) is 24.6. The summed E-state index contributed by atoms with van der Waals surface area (Å²) in [5, 5.41) is 1.57. The molecule has 0 amide bonds. The van der Waals surface area contributed by atoms with Crippen LogP contribution in [0.4, 0.5) is 5.13 Å². The van der Waals surface area contributed by atoms with Crippen molar-refractivity contribution in [1.82, 2.24) is 14.5 Å². The van der Waals surface area contributed by atoms with E-state index in [0.717, 1.165) is 39.9 Å². The molecule has 4 aromatic rings. The second-order valence-electron chi connectivity index (χ2n) is 7.85. The maximum atomic E-state index is 13.0. The van der Waals surface area contributed by atoms with E-state index in [9.17, 15) is 4.79 Å². The van der Waals surface area contributed by atoms with Crippen LogP contribution in [-0.4, -0.2) is 40.8 Å². The minimum atomic E-state index is -0.220. The van der Waals surface area contributed by atoms with Gasteiger partial charge in [-0.25, -0.2) is 4.98 Å². The normalized spacial score (nSPS) is 14.2. The van der Waals surface area contributed by atoms with Crippen molar-refractivity contribution in [3.8, 4) is 0 Å². The average Bonchev–Trinajstić information content (AvgIpc) is 3.27. The second-order valence-corrected chi connectivity index (χ2v) is 9.24. The third-order valence-electron chi connectivity index (χ3n) is 5.79. The molecule has 5 rings (SSSR count). The van der Waals surface area contributed by atoms with Gasteiger partial charge in [-0.15, -0.1) is 0 Å². The van der Waals surface area contributed by atoms with Crippen molar-refractivity contribution >= 4 is 38.4 Å². The number of fused-ring (bicyclic) bond motifs is 1. The molecule has 0 N–H and O–H groups in total. The maximum absolute atomic E-state index is 13.0. The molecule has 2 aromatic heterocycles. The molecule has 1 saturated heterocycles. The molecule has 0 radical (unpaired) electrons. The molecule has 0 aliphatic carbocycles. The summed E-state index contributed by atoms with van der Waals surface area (Å²) in [5.74, 6) is 0.701. The highest BCUT2D eigenvalue weighted by Crippen LogP contribution is 2.29. The van der Waals surface area contributed by atoms with Crippen LogP contribution in [0, 0.1) is 6.92 Å². The molecular formula is C24H23ClN4O2S. The summed E-state index contributed by atoms with van der Waals surface area (Å²) in [5.41, 5.74) is 3.66. The van der Waals surface area contributed by atoms with Gasteiger partial charge in [-0.05, 0) is 29.7 Å². The van der Waals surface area contributed by atoms with Crippen LogP contribution in [0.15, 0.2) is 53.3 Å². The Labute approximate surface area is 195 Å². The van der Waals surface area contributed by atoms with Crippen LogP contribution in [-0.2, 0) is 17.7 Å². The molecule has 2 aromatic carbocycles. The predicted molar refractivity (Wildman–Crippen MR) is 129 cm³/mol. The van der Waals surface area contributed by atoms with Gasteiger partial charge in [0.1, 0.15) is 10.5 Å². The Morgan fingerprint density at radius 3 is 2.62 bits per heavy atom. The molecule has 8 heteroatoms. The number of hydrogen-bond acceptors (Lipinski definition) is 6. The summed E-state index contributed by atoms with van der Waals surface area (Å²) in [6.45, 7) is 5.43. The molecule has 164 valence electrons. The molecular weight excluding hydrogens is 444 g/mol. The fourth-order valence-corrected chi connectivity index (χ4v) is 5.14. The highest BCUT2D eigenvalue weighted by molar-refractivity contribution is 7.22. The second kappa shape index (κ2) is 9.02. The van der Waals surface area contributed by atoms with Gasteiger partial charge in [0.05, 0.1) is 19.8 Å². The standard InChI is InChI=1S/C24H23ClN4O2S/c1-16-18(8-5-9-19(16)25)15-29-20(14-17-6-3-2-4-7-17)26-23(30)21-22(29)27-24(32-21)28-10-12-31-13-11-28/h2-9H,10-15H2,1H3. The number of benzene rings is 2. The van der Waals surface area contributed by atoms with E-state index in [1.165, 1.54) is 11.3 Å². The Hall–Kier alpha value is -2.74. The number of anilines is 1. The molecule has 0 spiro atoms. The number of ether oxygens (including phenoxy) is 1. The van der Waals surface area contributed by atoms with Crippen molar-refractivity contribution in [1.29, 1.82) is 0 Å². The first-order valence-electron chi connectivity index (χ1n) is 10.6. The van der Waals surface area contributed by atoms with Gasteiger partial charge in [0.2, 0.25) is 0 Å². The first-order valence-corrected chi connectivity index (χ1v) is 11.8. The Morgan fingerprint density at radius 1 is 1.06 bits per heavy atom. The summed E-state index contributed by atoms with van der Waals surface area (Å²) >= 11 is 7.81. The molecule has 32 heavy (non-hydrogen) atoms. The minimum absolute atomic E-state index is 0.220. The molecule has 1 aliphatic heterocycles. The monoisotopic (exact) mass is 466 g/mol. The van der Waals surface area contributed by atoms with E-state index in [2.05, 4.69) is 20.5 Å². The summed E-state index contributed by atoms with van der Waals surface area (Å²) in [6, 6.07) is 16.0. The highest BCUT2D eigenvalue weighted by Gasteiger charge is 2.21. The van der Waals surface area contributed by atoms with Gasteiger partial charge in [0, 0.05) is 24.5 Å². The molecule has 1 aliphatic rings. The van der Waals surface area contributed by atoms with E-state index in [1.54, 1.807) is 0 Å². The van der Waals surface area contributed by atoms with E-state index < -0.39 is 0 Å². The lowest BCUT2D eigenvalue weighted by Gasteiger charge is -2.25. The third kappa shape index (κ3) is 4.16. The van der Waals surface area contributed by atoms with Crippen molar-refractivity contribution in [3.05, 3.63) is 86.4 Å². The van der Waals surface area contributed by atoms with Crippen molar-refractivity contribution in [3.63, 3.8) is 0 Å². The zero-order chi connectivity index (χ0) is 22.1. The zero-order valence-electron chi connectivity index (χ0n) is 17.8. The summed E-state index contributed by atoms with van der Waals surface area (Å²) in [6.07, 6.45) is 0.552. The van der Waals surface area contributed by atoms with E-state index in [0.29, 0.717) is 42.4 Å². The Morgan fingerprint density at radius 2 is 1.84 bits per heavy atom. The van der Waals surface area contributed by atoms with Crippen LogP contribution in [0.1, 0.15) is 22.5 Å². The van der Waals surface area contributed by atoms with Crippen LogP contribution in [0.25, 0.3) is 10.3 Å². The number of nitrogens with zero attached hydrogens (tertiary/aromatic N) is 4. The van der Waals surface area contributed by atoms with Crippen LogP contribution in [0.5, 0.6) is 0 Å². The van der Waals surface area contributed by atoms with E-state index in [1.807, 2.05) is 49.4 Å². The number of hydrogen-bond donors (Lipinski definition) is 0. The summed E-state index contributed by atoms with van der Waals surface area (Å²) < 4.78 is 8.13. The van der Waals surface area contributed by atoms with Crippen molar-refractivity contribution in [2.24, 2.45) is 0 Å². The molecule has 0 bridgehead atoms. The lowest BCUT2D eigenvalue weighted by Crippen LogP contribution is -2.36. The minimum Gasteiger partial charge on any atom is -0.378 e. The van der Waals surface area contributed by atoms with Crippen LogP contribution >= 0.6 is 22.9 Å². The van der Waals surface area contributed by atoms with Crippen LogP contribution < -0.4 is 10.5 Å². The maximum Gasteiger partial charge on any atom is 0.292 e. The predicted octanol–water partition coefficient (Wildman–Crippen LogP) is 4.29. The smallest absolute Gasteiger partial charge is 0.292 e. The Balaban J connectivity index is 1.66. The van der Waals surface area contributed by atoms with E-state index in [-0.39, 0.29) is 5.56 Å². The Bertz CT molecular complexity index is 1310. The fraction of sp³-hybridized carbons (Fsp3) is 0.292. The van der Waals surface area contributed by atoms with Crippen molar-refractivity contribution < 1.29 is 4.74 Å². The topological polar surface area (TPSA) is 60.2 Å². The van der Waals surface area contributed by atoms with Gasteiger partial charge in [0.25, 0.3) is 5.56 Å². The van der Waals surface area contributed by atoms with Crippen LogP contribution in [0.3, 0.4) is 0 Å². The molecule has 1 fully saturated rings. The SMILES string of the molecule is Cc1c(Cl)cccc1Cn1c(Cc2ccccc2)nc(=O)c2sc(N3CCOCC3)nc21. The third-order valence-corrected chi connectivity index (χ3v) is 7.29. The molecule has 3 heterocycles. The fourth-order valence-electron chi connectivity index (χ4n) is 3.94. The van der Waals surface area contributed by atoms with Crippen molar-refractivity contribution in [2.75, 3.05) is 31.2 Å². The highest BCUT2D eigenvalue weighted by atomic mass is 35.5. The quantitative estimate of drug-likeness (QED) is 0.439. The van der Waals surface area contributed by atoms with E-state index >= 15 is 0 Å². The lowest BCUT2D eigenvalue weighted by molar-refractivity contribution is 0.122. The van der Waals surface area contributed by atoms with Crippen LogP contribution in [0.2, 0.25) is 5.02 Å². The van der Waals surface area contributed by atoms with Gasteiger partial charge in [-0.3, -0.25) is 4.79 Å². The number of thiazole rings is 1. The zero-order valence-corrected chi connectivity index (χ0v) is 19.3. The first-order chi connectivity index (χ1) is 15.6. The average molecular weight is 467 g/mol.